The average molecular weight is 476 g/mol. The summed E-state index contributed by atoms with van der Waals surface area (Å²) < 4.78 is 0. The molecule has 0 spiro atoms. The Bertz CT molecular complexity index is 373. The highest BCUT2D eigenvalue weighted by Crippen LogP contribution is 2.11. The van der Waals surface area contributed by atoms with Crippen LogP contribution in [-0.4, -0.2) is 25.0 Å². The van der Waals surface area contributed by atoms with Gasteiger partial charge in [0, 0.05) is 0 Å². The first-order valence-corrected chi connectivity index (χ1v) is 15.8. The molecule has 0 saturated heterocycles. The van der Waals surface area contributed by atoms with E-state index in [1.807, 2.05) is 0 Å². The van der Waals surface area contributed by atoms with E-state index < -0.39 is 0 Å². The summed E-state index contributed by atoms with van der Waals surface area (Å²) in [5, 5.41) is 0. The van der Waals surface area contributed by atoms with Crippen LogP contribution in [0.1, 0.15) is 168 Å². The van der Waals surface area contributed by atoms with Gasteiger partial charge in [0.15, 0.2) is 0 Å². The monoisotopic (exact) mass is 476 g/mol. The number of unbranched alkanes of at least 4 members (excludes halogenated alkanes) is 20. The van der Waals surface area contributed by atoms with Gasteiger partial charge in [0.05, 0.1) is 0 Å². The van der Waals surface area contributed by atoms with Crippen molar-refractivity contribution in [2.24, 2.45) is 0 Å². The molecule has 0 atom stereocenters. The minimum Gasteiger partial charge on any atom is -0.306 e. The maximum Gasteiger partial charge on any atom is -0.00218 e. The SMILES string of the molecule is CCCCCC/C=C/CCCCCCCCN(C)CCCCCCCC/C=C/CCCCCC. The van der Waals surface area contributed by atoms with E-state index in [0.717, 1.165) is 0 Å². The second kappa shape index (κ2) is 30.5. The van der Waals surface area contributed by atoms with Crippen molar-refractivity contribution in [1.82, 2.24) is 4.90 Å². The summed E-state index contributed by atoms with van der Waals surface area (Å²) in [4.78, 5) is 2.57. The predicted molar refractivity (Wildman–Crippen MR) is 158 cm³/mol. The van der Waals surface area contributed by atoms with Crippen LogP contribution in [0.15, 0.2) is 24.3 Å². The lowest BCUT2D eigenvalue weighted by molar-refractivity contribution is 0.314. The van der Waals surface area contributed by atoms with Crippen LogP contribution < -0.4 is 0 Å². The first-order valence-electron chi connectivity index (χ1n) is 15.8. The Hall–Kier alpha value is -0.560. The van der Waals surface area contributed by atoms with Gasteiger partial charge >= 0.3 is 0 Å². The van der Waals surface area contributed by atoms with Gasteiger partial charge in [-0.15, -0.1) is 0 Å². The minimum absolute atomic E-state index is 1.30. The number of hydrogen-bond donors (Lipinski definition) is 0. The molecule has 0 aromatic heterocycles. The highest BCUT2D eigenvalue weighted by molar-refractivity contribution is 4.82. The molecule has 0 aromatic rings. The molecule has 0 aliphatic carbocycles. The van der Waals surface area contributed by atoms with Crippen molar-refractivity contribution >= 4 is 0 Å². The van der Waals surface area contributed by atoms with Crippen molar-refractivity contribution in [3.05, 3.63) is 24.3 Å². The van der Waals surface area contributed by atoms with Crippen molar-refractivity contribution in [1.29, 1.82) is 0 Å². The molecule has 0 heterocycles. The normalized spacial score (nSPS) is 12.1. The Morgan fingerprint density at radius 3 is 0.941 bits per heavy atom. The largest absolute Gasteiger partial charge is 0.306 e. The Morgan fingerprint density at radius 1 is 0.353 bits per heavy atom. The molecule has 1 nitrogen and oxygen atoms in total. The smallest absolute Gasteiger partial charge is 0.00218 e. The van der Waals surface area contributed by atoms with Crippen LogP contribution in [0.2, 0.25) is 0 Å². The fraction of sp³-hybridized carbons (Fsp3) is 0.879. The third-order valence-corrected chi connectivity index (χ3v) is 7.10. The second-order valence-electron chi connectivity index (χ2n) is 10.8. The molecule has 0 bridgehead atoms. The standard InChI is InChI=1S/C33H65N/c1-4-6-8-10-12-14-16-18-20-22-24-26-28-30-32-34(3)33-31-29-27-25-23-21-19-17-15-13-11-9-7-5-2/h14-17H,4-13,18-33H2,1-3H3/b16-14+,17-15+. The van der Waals surface area contributed by atoms with Crippen LogP contribution >= 0.6 is 0 Å². The molecule has 0 fully saturated rings. The molecule has 0 aromatic carbocycles. The van der Waals surface area contributed by atoms with Gasteiger partial charge in [-0.25, -0.2) is 0 Å². The third kappa shape index (κ3) is 29.5. The Morgan fingerprint density at radius 2 is 0.618 bits per heavy atom. The molecule has 202 valence electrons. The van der Waals surface area contributed by atoms with Gasteiger partial charge in [-0.3, -0.25) is 0 Å². The molecule has 0 unspecified atom stereocenters. The fourth-order valence-electron chi connectivity index (χ4n) is 4.66. The average Bonchev–Trinajstić information content (AvgIpc) is 2.84. The topological polar surface area (TPSA) is 3.24 Å². The van der Waals surface area contributed by atoms with Crippen LogP contribution in [0.4, 0.5) is 0 Å². The number of hydrogen-bond acceptors (Lipinski definition) is 1. The zero-order chi connectivity index (χ0) is 24.8. The summed E-state index contributed by atoms with van der Waals surface area (Å²) in [5.74, 6) is 0. The Labute approximate surface area is 217 Å². The summed E-state index contributed by atoms with van der Waals surface area (Å²) in [6.07, 6.45) is 42.9. The van der Waals surface area contributed by atoms with E-state index in [1.54, 1.807) is 0 Å². The molecule has 0 amide bonds. The van der Waals surface area contributed by atoms with E-state index in [1.165, 1.54) is 167 Å². The Kier molecular flexibility index (Phi) is 30.0. The highest BCUT2D eigenvalue weighted by atomic mass is 15.1. The summed E-state index contributed by atoms with van der Waals surface area (Å²) >= 11 is 0. The third-order valence-electron chi connectivity index (χ3n) is 7.10. The van der Waals surface area contributed by atoms with E-state index in [9.17, 15) is 0 Å². The Balaban J connectivity index is 3.22. The van der Waals surface area contributed by atoms with Crippen LogP contribution in [0.3, 0.4) is 0 Å². The van der Waals surface area contributed by atoms with E-state index >= 15 is 0 Å². The van der Waals surface area contributed by atoms with Crippen LogP contribution in [0, 0.1) is 0 Å². The molecule has 0 saturated carbocycles. The van der Waals surface area contributed by atoms with Gasteiger partial charge in [-0.05, 0) is 84.3 Å². The predicted octanol–water partition coefficient (Wildman–Crippen LogP) is 11.4. The molecule has 0 aliphatic rings. The molecule has 0 N–H and O–H groups in total. The van der Waals surface area contributed by atoms with Crippen molar-refractivity contribution < 1.29 is 0 Å². The van der Waals surface area contributed by atoms with Gasteiger partial charge < -0.3 is 4.90 Å². The summed E-state index contributed by atoms with van der Waals surface area (Å²) in [7, 11) is 2.32. The zero-order valence-corrected chi connectivity index (χ0v) is 24.1. The quantitative estimate of drug-likeness (QED) is 0.0803. The van der Waals surface area contributed by atoms with Gasteiger partial charge in [-0.2, -0.15) is 0 Å². The summed E-state index contributed by atoms with van der Waals surface area (Å²) in [6.45, 7) is 7.17. The molecule has 34 heavy (non-hydrogen) atoms. The zero-order valence-electron chi connectivity index (χ0n) is 24.1. The second-order valence-corrected chi connectivity index (χ2v) is 10.8. The first kappa shape index (κ1) is 33.4. The summed E-state index contributed by atoms with van der Waals surface area (Å²) in [6, 6.07) is 0. The number of nitrogens with zero attached hydrogens (tertiary/aromatic N) is 1. The maximum absolute atomic E-state index is 2.57. The van der Waals surface area contributed by atoms with Crippen molar-refractivity contribution in [3.63, 3.8) is 0 Å². The lowest BCUT2D eigenvalue weighted by atomic mass is 10.1. The first-order chi connectivity index (χ1) is 16.8. The minimum atomic E-state index is 1.30. The van der Waals surface area contributed by atoms with Crippen LogP contribution in [0.5, 0.6) is 0 Å². The molecule has 0 aliphatic heterocycles. The lowest BCUT2D eigenvalue weighted by Gasteiger charge is -2.16. The van der Waals surface area contributed by atoms with Crippen LogP contribution in [0.25, 0.3) is 0 Å². The molecular weight excluding hydrogens is 410 g/mol. The van der Waals surface area contributed by atoms with E-state index in [2.05, 4.69) is 50.1 Å². The lowest BCUT2D eigenvalue weighted by Crippen LogP contribution is -2.20. The molecular formula is C33H65N. The maximum atomic E-state index is 2.57. The van der Waals surface area contributed by atoms with Crippen molar-refractivity contribution in [3.8, 4) is 0 Å². The number of rotatable bonds is 28. The fourth-order valence-corrected chi connectivity index (χ4v) is 4.66. The molecule has 0 radical (unpaired) electrons. The van der Waals surface area contributed by atoms with Gasteiger partial charge in [-0.1, -0.05) is 128 Å². The van der Waals surface area contributed by atoms with Crippen molar-refractivity contribution in [2.45, 2.75) is 168 Å². The van der Waals surface area contributed by atoms with Gasteiger partial charge in [0.1, 0.15) is 0 Å². The summed E-state index contributed by atoms with van der Waals surface area (Å²) in [5.41, 5.74) is 0. The number of allylic oxidation sites excluding steroid dienone is 4. The molecule has 0 rings (SSSR count). The van der Waals surface area contributed by atoms with E-state index in [0.29, 0.717) is 0 Å². The highest BCUT2D eigenvalue weighted by Gasteiger charge is 1.99. The van der Waals surface area contributed by atoms with E-state index in [4.69, 9.17) is 0 Å². The van der Waals surface area contributed by atoms with E-state index in [-0.39, 0.29) is 0 Å². The van der Waals surface area contributed by atoms with Crippen molar-refractivity contribution in [2.75, 3.05) is 20.1 Å². The van der Waals surface area contributed by atoms with Gasteiger partial charge in [0.2, 0.25) is 0 Å². The molecule has 1 heteroatoms. The van der Waals surface area contributed by atoms with Crippen LogP contribution in [-0.2, 0) is 0 Å². The van der Waals surface area contributed by atoms with Gasteiger partial charge in [0.25, 0.3) is 0 Å².